The number of rotatable bonds is 6. The smallest absolute Gasteiger partial charge is 0.309 e. The van der Waals surface area contributed by atoms with Gasteiger partial charge in [0.05, 0.1) is 5.41 Å². The van der Waals surface area contributed by atoms with Gasteiger partial charge in [-0.05, 0) is 39.3 Å². The Morgan fingerprint density at radius 1 is 1.40 bits per heavy atom. The lowest BCUT2D eigenvalue weighted by Gasteiger charge is -2.38. The second-order valence-corrected chi connectivity index (χ2v) is 5.84. The van der Waals surface area contributed by atoms with Crippen molar-refractivity contribution in [2.24, 2.45) is 5.41 Å². The van der Waals surface area contributed by atoms with Crippen molar-refractivity contribution in [2.45, 2.75) is 46.1 Å². The van der Waals surface area contributed by atoms with E-state index in [-0.39, 0.29) is 0 Å². The van der Waals surface area contributed by atoms with Crippen LogP contribution in [0.4, 0.5) is 0 Å². The second-order valence-electron chi connectivity index (χ2n) is 5.84. The molecule has 1 aromatic heterocycles. The maximum atomic E-state index is 11.5. The quantitative estimate of drug-likeness (QED) is 0.867. The molecule has 0 amide bonds. The van der Waals surface area contributed by atoms with Crippen LogP contribution in [0, 0.1) is 12.3 Å². The molecule has 1 fully saturated rings. The molecule has 0 atom stereocenters. The Balaban J connectivity index is 1.84. The predicted molar refractivity (Wildman–Crippen MR) is 77.6 cm³/mol. The summed E-state index contributed by atoms with van der Waals surface area (Å²) in [4.78, 5) is 18.1. The van der Waals surface area contributed by atoms with E-state index in [4.69, 9.17) is 0 Å². The molecule has 0 radical (unpaired) electrons. The van der Waals surface area contributed by atoms with Gasteiger partial charge in [0.1, 0.15) is 5.82 Å². The largest absolute Gasteiger partial charge is 0.481 e. The number of nitrogens with zero attached hydrogens (tertiary/aromatic N) is 3. The van der Waals surface area contributed by atoms with Gasteiger partial charge in [-0.1, -0.05) is 13.3 Å². The number of aliphatic carboxylic acids is 1. The molecular formula is C15H25N3O2. The molecule has 112 valence electrons. The Hall–Kier alpha value is -1.36. The first-order valence-electron chi connectivity index (χ1n) is 7.51. The first kappa shape index (κ1) is 15.0. The number of aromatic nitrogens is 2. The summed E-state index contributed by atoms with van der Waals surface area (Å²) in [6.45, 7) is 7.75. The minimum atomic E-state index is -0.607. The average Bonchev–Trinajstić information content (AvgIpc) is 2.84. The van der Waals surface area contributed by atoms with E-state index in [1.54, 1.807) is 0 Å². The molecule has 20 heavy (non-hydrogen) atoms. The molecule has 1 aliphatic heterocycles. The third kappa shape index (κ3) is 3.20. The summed E-state index contributed by atoms with van der Waals surface area (Å²) >= 11 is 0. The maximum Gasteiger partial charge on any atom is 0.309 e. The monoisotopic (exact) mass is 279 g/mol. The lowest BCUT2D eigenvalue weighted by molar-refractivity contribution is -0.152. The van der Waals surface area contributed by atoms with Gasteiger partial charge in [-0.2, -0.15) is 0 Å². The van der Waals surface area contributed by atoms with Crippen LogP contribution in [0.2, 0.25) is 0 Å². The standard InChI is InChI=1S/C15H25N3O2/c1-3-4-15(14(19)20)5-8-17(9-6-15)11-12-18-10-7-16-13(18)2/h7,10H,3-6,8-9,11-12H2,1-2H3,(H,19,20). The van der Waals surface area contributed by atoms with Crippen molar-refractivity contribution in [1.29, 1.82) is 0 Å². The molecular weight excluding hydrogens is 254 g/mol. The fraction of sp³-hybridized carbons (Fsp3) is 0.733. The van der Waals surface area contributed by atoms with E-state index in [0.717, 1.165) is 57.7 Å². The van der Waals surface area contributed by atoms with Crippen LogP contribution in [0.5, 0.6) is 0 Å². The third-order valence-corrected chi connectivity index (χ3v) is 4.58. The molecule has 5 heteroatoms. The van der Waals surface area contributed by atoms with Gasteiger partial charge in [-0.15, -0.1) is 0 Å². The number of hydrogen-bond donors (Lipinski definition) is 1. The van der Waals surface area contributed by atoms with Gasteiger partial charge in [-0.3, -0.25) is 4.79 Å². The second kappa shape index (κ2) is 6.39. The van der Waals surface area contributed by atoms with Crippen molar-refractivity contribution in [3.8, 4) is 0 Å². The van der Waals surface area contributed by atoms with E-state index in [0.29, 0.717) is 0 Å². The highest BCUT2D eigenvalue weighted by atomic mass is 16.4. The van der Waals surface area contributed by atoms with Gasteiger partial charge in [0, 0.05) is 25.5 Å². The first-order chi connectivity index (χ1) is 9.57. The molecule has 0 saturated carbocycles. The van der Waals surface area contributed by atoms with E-state index < -0.39 is 11.4 Å². The maximum absolute atomic E-state index is 11.5. The zero-order chi connectivity index (χ0) is 14.6. The molecule has 0 aromatic carbocycles. The molecule has 0 bridgehead atoms. The van der Waals surface area contributed by atoms with Crippen LogP contribution < -0.4 is 0 Å². The number of likely N-dealkylation sites (tertiary alicyclic amines) is 1. The fourth-order valence-corrected chi connectivity index (χ4v) is 3.14. The minimum absolute atomic E-state index is 0.476. The topological polar surface area (TPSA) is 58.4 Å². The number of carbonyl (C=O) groups is 1. The predicted octanol–water partition coefficient (Wildman–Crippen LogP) is 2.16. The summed E-state index contributed by atoms with van der Waals surface area (Å²) in [5, 5.41) is 9.49. The Bertz CT molecular complexity index is 448. The highest BCUT2D eigenvalue weighted by Gasteiger charge is 2.40. The molecule has 2 heterocycles. The Morgan fingerprint density at radius 3 is 2.60 bits per heavy atom. The van der Waals surface area contributed by atoms with E-state index in [1.807, 2.05) is 19.3 Å². The molecule has 1 aromatic rings. The Kier molecular flexibility index (Phi) is 4.81. The van der Waals surface area contributed by atoms with Gasteiger partial charge in [0.25, 0.3) is 0 Å². The molecule has 1 saturated heterocycles. The zero-order valence-electron chi connectivity index (χ0n) is 12.5. The van der Waals surface area contributed by atoms with Crippen LogP contribution >= 0.6 is 0 Å². The van der Waals surface area contributed by atoms with Crippen LogP contribution in [0.3, 0.4) is 0 Å². The van der Waals surface area contributed by atoms with E-state index in [9.17, 15) is 9.90 Å². The highest BCUT2D eigenvalue weighted by molar-refractivity contribution is 5.74. The summed E-state index contributed by atoms with van der Waals surface area (Å²) in [6, 6.07) is 0. The van der Waals surface area contributed by atoms with E-state index in [1.165, 1.54) is 0 Å². The van der Waals surface area contributed by atoms with E-state index >= 15 is 0 Å². The number of piperidine rings is 1. The van der Waals surface area contributed by atoms with Gasteiger partial charge >= 0.3 is 5.97 Å². The van der Waals surface area contributed by atoms with Crippen LogP contribution in [0.1, 0.15) is 38.4 Å². The summed E-state index contributed by atoms with van der Waals surface area (Å²) in [7, 11) is 0. The number of carboxylic acids is 1. The number of imidazole rings is 1. The van der Waals surface area contributed by atoms with E-state index in [2.05, 4.69) is 21.4 Å². The molecule has 0 spiro atoms. The first-order valence-corrected chi connectivity index (χ1v) is 7.51. The van der Waals surface area contributed by atoms with Crippen molar-refractivity contribution in [3.05, 3.63) is 18.2 Å². The lowest BCUT2D eigenvalue weighted by Crippen LogP contribution is -2.45. The molecule has 5 nitrogen and oxygen atoms in total. The lowest BCUT2D eigenvalue weighted by atomic mass is 9.75. The fourth-order valence-electron chi connectivity index (χ4n) is 3.14. The average molecular weight is 279 g/mol. The van der Waals surface area contributed by atoms with Crippen molar-refractivity contribution in [2.75, 3.05) is 19.6 Å². The SMILES string of the molecule is CCCC1(C(=O)O)CCN(CCn2ccnc2C)CC1. The normalized spacial score (nSPS) is 19.1. The van der Waals surface area contributed by atoms with Gasteiger partial charge in [-0.25, -0.2) is 4.98 Å². The number of aryl methyl sites for hydroxylation is 1. The Morgan fingerprint density at radius 2 is 2.10 bits per heavy atom. The summed E-state index contributed by atoms with van der Waals surface area (Å²) in [5.74, 6) is 0.428. The molecule has 0 unspecified atom stereocenters. The Labute approximate surface area is 120 Å². The minimum Gasteiger partial charge on any atom is -0.481 e. The van der Waals surface area contributed by atoms with Gasteiger partial charge < -0.3 is 14.6 Å². The van der Waals surface area contributed by atoms with Gasteiger partial charge in [0.15, 0.2) is 0 Å². The molecule has 0 aliphatic carbocycles. The molecule has 2 rings (SSSR count). The van der Waals surface area contributed by atoms with Crippen LogP contribution in [0.15, 0.2) is 12.4 Å². The van der Waals surface area contributed by atoms with Crippen LogP contribution in [-0.4, -0.2) is 45.2 Å². The summed E-state index contributed by atoms with van der Waals surface area (Å²) in [6.07, 6.45) is 7.12. The van der Waals surface area contributed by atoms with Gasteiger partial charge in [0.2, 0.25) is 0 Å². The zero-order valence-corrected chi connectivity index (χ0v) is 12.5. The van der Waals surface area contributed by atoms with Crippen molar-refractivity contribution >= 4 is 5.97 Å². The van der Waals surface area contributed by atoms with Crippen molar-refractivity contribution < 1.29 is 9.90 Å². The third-order valence-electron chi connectivity index (χ3n) is 4.58. The van der Waals surface area contributed by atoms with Crippen LogP contribution in [-0.2, 0) is 11.3 Å². The summed E-state index contributed by atoms with van der Waals surface area (Å²) in [5.41, 5.74) is -0.476. The van der Waals surface area contributed by atoms with Crippen LogP contribution in [0.25, 0.3) is 0 Å². The van der Waals surface area contributed by atoms with Crippen molar-refractivity contribution in [3.63, 3.8) is 0 Å². The number of hydrogen-bond acceptors (Lipinski definition) is 3. The van der Waals surface area contributed by atoms with Crippen molar-refractivity contribution in [1.82, 2.24) is 14.5 Å². The highest BCUT2D eigenvalue weighted by Crippen LogP contribution is 2.36. The number of carboxylic acid groups (broad SMARTS) is 1. The molecule has 1 aliphatic rings. The summed E-state index contributed by atoms with van der Waals surface area (Å²) < 4.78 is 2.14. The molecule has 1 N–H and O–H groups in total.